The van der Waals surface area contributed by atoms with Crippen molar-refractivity contribution in [3.8, 4) is 11.4 Å². The number of para-hydroxylation sites is 6. The van der Waals surface area contributed by atoms with Crippen LogP contribution in [-0.4, -0.2) is 19.1 Å². The van der Waals surface area contributed by atoms with E-state index in [0.717, 1.165) is 78.6 Å². The van der Waals surface area contributed by atoms with Gasteiger partial charge in [0.25, 0.3) is 0 Å². The second-order valence-electron chi connectivity index (χ2n) is 16.3. The summed E-state index contributed by atoms with van der Waals surface area (Å²) in [4.78, 5) is 14.8. The third-order valence-corrected chi connectivity index (χ3v) is 12.5. The second-order valence-corrected chi connectivity index (χ2v) is 16.3. The van der Waals surface area contributed by atoms with Crippen molar-refractivity contribution in [2.24, 2.45) is 0 Å². The molecular formula is C58H38N6O. The first-order chi connectivity index (χ1) is 32.2. The average Bonchev–Trinajstić information content (AvgIpc) is 4.02. The molecule has 0 saturated heterocycles. The summed E-state index contributed by atoms with van der Waals surface area (Å²) in [6, 6.07) is 78.8. The Morgan fingerprint density at radius 2 is 0.815 bits per heavy atom. The molecule has 13 aromatic rings. The zero-order valence-corrected chi connectivity index (χ0v) is 35.0. The number of furan rings is 1. The van der Waals surface area contributed by atoms with Crippen molar-refractivity contribution in [1.29, 1.82) is 0 Å². The summed E-state index contributed by atoms with van der Waals surface area (Å²) in [6.07, 6.45) is 1.94. The molecule has 0 atom stereocenters. The molecule has 5 aromatic heterocycles. The van der Waals surface area contributed by atoms with E-state index >= 15 is 0 Å². The monoisotopic (exact) mass is 834 g/mol. The summed E-state index contributed by atoms with van der Waals surface area (Å²) in [7, 11) is 0. The van der Waals surface area contributed by atoms with E-state index in [4.69, 9.17) is 14.4 Å². The summed E-state index contributed by atoms with van der Waals surface area (Å²) in [5.74, 6) is 0.734. The molecule has 0 unspecified atom stereocenters. The number of rotatable bonds is 8. The highest BCUT2D eigenvalue weighted by molar-refractivity contribution is 6.12. The summed E-state index contributed by atoms with van der Waals surface area (Å²) in [5, 5.41) is 5.65. The van der Waals surface area contributed by atoms with Gasteiger partial charge in [-0.15, -0.1) is 0 Å². The predicted molar refractivity (Wildman–Crippen MR) is 267 cm³/mol. The summed E-state index contributed by atoms with van der Waals surface area (Å²) in [6.45, 7) is 0. The van der Waals surface area contributed by atoms with E-state index in [0.29, 0.717) is 11.3 Å². The molecule has 7 nitrogen and oxygen atoms in total. The van der Waals surface area contributed by atoms with Crippen LogP contribution in [0, 0.1) is 0 Å². The molecule has 0 amide bonds. The minimum atomic E-state index is 0.516. The highest BCUT2D eigenvalue weighted by Crippen LogP contribution is 2.43. The maximum absolute atomic E-state index is 6.72. The van der Waals surface area contributed by atoms with E-state index in [2.05, 4.69) is 231 Å². The van der Waals surface area contributed by atoms with Crippen LogP contribution in [0.4, 0.5) is 34.3 Å². The first kappa shape index (κ1) is 36.7. The Bertz CT molecular complexity index is 3640. The molecule has 0 N–H and O–H groups in total. The zero-order chi connectivity index (χ0) is 42.8. The van der Waals surface area contributed by atoms with Gasteiger partial charge in [0.15, 0.2) is 5.58 Å². The lowest BCUT2D eigenvalue weighted by molar-refractivity contribution is 0.653. The van der Waals surface area contributed by atoms with Gasteiger partial charge in [-0.05, 0) is 97.1 Å². The molecule has 0 aliphatic rings. The van der Waals surface area contributed by atoms with Crippen molar-refractivity contribution in [2.45, 2.75) is 0 Å². The fourth-order valence-electron chi connectivity index (χ4n) is 9.68. The Morgan fingerprint density at radius 3 is 1.38 bits per heavy atom. The van der Waals surface area contributed by atoms with Crippen LogP contribution in [0.25, 0.3) is 77.2 Å². The molecule has 13 rings (SSSR count). The van der Waals surface area contributed by atoms with E-state index in [1.165, 1.54) is 21.5 Å². The molecule has 5 heterocycles. The number of hydrogen-bond acceptors (Lipinski definition) is 5. The molecule has 0 saturated carbocycles. The van der Waals surface area contributed by atoms with E-state index < -0.39 is 0 Å². The average molecular weight is 835 g/mol. The van der Waals surface area contributed by atoms with Crippen LogP contribution < -0.4 is 9.80 Å². The zero-order valence-electron chi connectivity index (χ0n) is 35.0. The van der Waals surface area contributed by atoms with E-state index in [1.807, 2.05) is 18.3 Å². The van der Waals surface area contributed by atoms with Crippen molar-refractivity contribution >= 4 is 100 Å². The van der Waals surface area contributed by atoms with Gasteiger partial charge in [0, 0.05) is 61.7 Å². The van der Waals surface area contributed by atoms with Gasteiger partial charge < -0.3 is 18.5 Å². The molecule has 0 aliphatic heterocycles. The Labute approximate surface area is 373 Å². The van der Waals surface area contributed by atoms with Gasteiger partial charge >= 0.3 is 0 Å². The largest absolute Gasteiger partial charge is 0.436 e. The molecule has 8 aromatic carbocycles. The van der Waals surface area contributed by atoms with Crippen LogP contribution in [0.5, 0.6) is 0 Å². The molecule has 306 valence electrons. The second kappa shape index (κ2) is 14.9. The van der Waals surface area contributed by atoms with Crippen LogP contribution in [-0.2, 0) is 0 Å². The van der Waals surface area contributed by atoms with Crippen molar-refractivity contribution in [3.05, 3.63) is 231 Å². The number of fused-ring (bicyclic) bond motifs is 9. The molecule has 0 bridgehead atoms. The van der Waals surface area contributed by atoms with Gasteiger partial charge in [0.2, 0.25) is 5.71 Å². The van der Waals surface area contributed by atoms with Gasteiger partial charge in [-0.3, -0.25) is 4.90 Å². The Hall–Kier alpha value is -8.94. The molecule has 7 heteroatoms. The highest BCUT2D eigenvalue weighted by Gasteiger charge is 2.22. The highest BCUT2D eigenvalue weighted by atomic mass is 16.3. The Morgan fingerprint density at radius 1 is 0.354 bits per heavy atom. The predicted octanol–water partition coefficient (Wildman–Crippen LogP) is 15.5. The normalized spacial score (nSPS) is 11.7. The maximum atomic E-state index is 6.72. The molecular weight excluding hydrogens is 797 g/mol. The number of hydrogen-bond donors (Lipinski definition) is 0. The molecule has 0 spiro atoms. The van der Waals surface area contributed by atoms with E-state index in [1.54, 1.807) is 0 Å². The van der Waals surface area contributed by atoms with Crippen molar-refractivity contribution < 1.29 is 4.42 Å². The fraction of sp³-hybridized carbons (Fsp3) is 0. The van der Waals surface area contributed by atoms with Crippen LogP contribution in [0.1, 0.15) is 0 Å². The third-order valence-electron chi connectivity index (χ3n) is 12.5. The summed E-state index contributed by atoms with van der Waals surface area (Å²) < 4.78 is 11.4. The number of nitrogens with zero attached hydrogens (tertiary/aromatic N) is 6. The lowest BCUT2D eigenvalue weighted by Crippen LogP contribution is -2.11. The van der Waals surface area contributed by atoms with Gasteiger partial charge in [-0.2, -0.15) is 4.98 Å². The fourth-order valence-corrected chi connectivity index (χ4v) is 9.68. The van der Waals surface area contributed by atoms with E-state index in [-0.39, 0.29) is 0 Å². The summed E-state index contributed by atoms with van der Waals surface area (Å²) in [5.41, 5.74) is 13.6. The van der Waals surface area contributed by atoms with Crippen LogP contribution in [0.15, 0.2) is 235 Å². The Balaban J connectivity index is 0.949. The SMILES string of the molecule is c1ccc(N(c2cnc3c(c2)oc2nc(N(c4ccccc4)c4ccc5c6ccccc6n(-c6ccccc6)c5c4)ccc23)c2ccc3c4ccccc4n(-c4ccccc4)c3c2)cc1. The van der Waals surface area contributed by atoms with Crippen molar-refractivity contribution in [3.63, 3.8) is 0 Å². The molecule has 0 aliphatic carbocycles. The van der Waals surface area contributed by atoms with Gasteiger partial charge in [0.05, 0.1) is 39.3 Å². The van der Waals surface area contributed by atoms with Crippen LogP contribution in [0.3, 0.4) is 0 Å². The molecule has 0 fully saturated rings. The molecule has 65 heavy (non-hydrogen) atoms. The third kappa shape index (κ3) is 5.98. The van der Waals surface area contributed by atoms with E-state index in [9.17, 15) is 0 Å². The quantitative estimate of drug-likeness (QED) is 0.153. The Kier molecular flexibility index (Phi) is 8.39. The standard InChI is InChI=1S/C58H38N6O/c1-5-17-39(18-6-1)61(43-29-31-48-46-25-13-15-27-51(46)63(53(48)35-43)41-21-9-3-10-22-41)45-37-55-57(59-38-45)50-33-34-56(60-58(50)65-55)62(40-19-7-2-8-20-40)44-30-32-49-47-26-14-16-28-52(47)64(54(49)36-44)42-23-11-4-12-24-42/h1-38H. The van der Waals surface area contributed by atoms with Crippen LogP contribution in [0.2, 0.25) is 0 Å². The van der Waals surface area contributed by atoms with Gasteiger partial charge in [0.1, 0.15) is 11.3 Å². The lowest BCUT2D eigenvalue weighted by atomic mass is 10.1. The minimum absolute atomic E-state index is 0.516. The number of benzene rings is 8. The topological polar surface area (TPSA) is 55.3 Å². The van der Waals surface area contributed by atoms with Crippen molar-refractivity contribution in [1.82, 2.24) is 19.1 Å². The minimum Gasteiger partial charge on any atom is -0.436 e. The lowest BCUT2D eigenvalue weighted by Gasteiger charge is -2.25. The van der Waals surface area contributed by atoms with Crippen LogP contribution >= 0.6 is 0 Å². The first-order valence-electron chi connectivity index (χ1n) is 21.8. The number of pyridine rings is 2. The number of anilines is 6. The first-order valence-corrected chi connectivity index (χ1v) is 21.8. The van der Waals surface area contributed by atoms with Gasteiger partial charge in [-0.25, -0.2) is 4.98 Å². The smallest absolute Gasteiger partial charge is 0.230 e. The molecule has 0 radical (unpaired) electrons. The number of aromatic nitrogens is 4. The van der Waals surface area contributed by atoms with Gasteiger partial charge in [-0.1, -0.05) is 121 Å². The maximum Gasteiger partial charge on any atom is 0.230 e. The van der Waals surface area contributed by atoms with Crippen molar-refractivity contribution in [2.75, 3.05) is 9.80 Å². The summed E-state index contributed by atoms with van der Waals surface area (Å²) >= 11 is 0.